The highest BCUT2D eigenvalue weighted by molar-refractivity contribution is 5.80. The first-order chi connectivity index (χ1) is 18.0. The SMILES string of the molecule is Cc1oc2cc(OCC(=O)NC3CCCCC3C)ccc2c(=O)c1Oc1ccc(-c2ccccc2)cc1. The first-order valence-electron chi connectivity index (χ1n) is 12.8. The van der Waals surface area contributed by atoms with E-state index in [0.717, 1.165) is 30.4 Å². The largest absolute Gasteiger partial charge is 0.484 e. The van der Waals surface area contributed by atoms with Crippen molar-refractivity contribution >= 4 is 16.9 Å². The van der Waals surface area contributed by atoms with E-state index < -0.39 is 0 Å². The van der Waals surface area contributed by atoms with Gasteiger partial charge in [0.05, 0.1) is 5.39 Å². The average molecular weight is 498 g/mol. The summed E-state index contributed by atoms with van der Waals surface area (Å²) in [5, 5.41) is 3.47. The number of amides is 1. The molecule has 190 valence electrons. The molecule has 0 bridgehead atoms. The fourth-order valence-electron chi connectivity index (χ4n) is 4.87. The van der Waals surface area contributed by atoms with Crippen LogP contribution in [-0.2, 0) is 4.79 Å². The van der Waals surface area contributed by atoms with Crippen molar-refractivity contribution in [3.8, 4) is 28.4 Å². The van der Waals surface area contributed by atoms with Crippen molar-refractivity contribution < 1.29 is 18.7 Å². The molecule has 1 saturated carbocycles. The summed E-state index contributed by atoms with van der Waals surface area (Å²) in [6.45, 7) is 3.79. The van der Waals surface area contributed by atoms with Crippen molar-refractivity contribution in [2.75, 3.05) is 6.61 Å². The van der Waals surface area contributed by atoms with Gasteiger partial charge in [0, 0.05) is 12.1 Å². The molecule has 2 unspecified atom stereocenters. The number of carbonyl (C=O) groups is 1. The summed E-state index contributed by atoms with van der Waals surface area (Å²) in [5.41, 5.74) is 2.29. The summed E-state index contributed by atoms with van der Waals surface area (Å²) in [7, 11) is 0. The zero-order valence-electron chi connectivity index (χ0n) is 21.2. The molecule has 37 heavy (non-hydrogen) atoms. The molecule has 0 radical (unpaired) electrons. The second-order valence-electron chi connectivity index (χ2n) is 9.69. The molecule has 1 amide bonds. The van der Waals surface area contributed by atoms with Crippen molar-refractivity contribution in [3.05, 3.63) is 88.8 Å². The summed E-state index contributed by atoms with van der Waals surface area (Å²) >= 11 is 0. The Kier molecular flexibility index (Phi) is 7.26. The molecule has 6 heteroatoms. The summed E-state index contributed by atoms with van der Waals surface area (Å²) in [6.07, 6.45) is 4.51. The van der Waals surface area contributed by atoms with Crippen LogP contribution in [0.1, 0.15) is 38.4 Å². The molecule has 2 atom stereocenters. The van der Waals surface area contributed by atoms with Crippen LogP contribution in [0.3, 0.4) is 0 Å². The zero-order chi connectivity index (χ0) is 25.8. The van der Waals surface area contributed by atoms with Crippen molar-refractivity contribution in [2.45, 2.75) is 45.6 Å². The Balaban J connectivity index is 1.27. The first kappa shape index (κ1) is 24.6. The third-order valence-electron chi connectivity index (χ3n) is 7.00. The first-order valence-corrected chi connectivity index (χ1v) is 12.8. The lowest BCUT2D eigenvalue weighted by atomic mass is 9.86. The molecule has 0 spiro atoms. The van der Waals surface area contributed by atoms with E-state index in [1.165, 1.54) is 6.42 Å². The summed E-state index contributed by atoms with van der Waals surface area (Å²) in [6, 6.07) is 22.8. The fraction of sp³-hybridized carbons (Fsp3) is 0.290. The Morgan fingerprint density at radius 3 is 2.41 bits per heavy atom. The van der Waals surface area contributed by atoms with E-state index in [2.05, 4.69) is 12.2 Å². The molecule has 0 saturated heterocycles. The van der Waals surface area contributed by atoms with Gasteiger partial charge in [-0.25, -0.2) is 0 Å². The fourth-order valence-corrected chi connectivity index (χ4v) is 4.87. The van der Waals surface area contributed by atoms with Crippen LogP contribution in [-0.4, -0.2) is 18.6 Å². The van der Waals surface area contributed by atoms with Gasteiger partial charge in [0.2, 0.25) is 11.2 Å². The number of fused-ring (bicyclic) bond motifs is 1. The second-order valence-corrected chi connectivity index (χ2v) is 9.69. The van der Waals surface area contributed by atoms with Crippen LogP contribution in [0, 0.1) is 12.8 Å². The quantitative estimate of drug-likeness (QED) is 0.310. The van der Waals surface area contributed by atoms with E-state index >= 15 is 0 Å². The van der Waals surface area contributed by atoms with E-state index in [-0.39, 0.29) is 29.7 Å². The predicted molar refractivity (Wildman–Crippen MR) is 144 cm³/mol. The predicted octanol–water partition coefficient (Wildman–Crippen LogP) is 6.63. The lowest BCUT2D eigenvalue weighted by Crippen LogP contribution is -2.43. The Morgan fingerprint density at radius 2 is 1.65 bits per heavy atom. The van der Waals surface area contributed by atoms with Crippen molar-refractivity contribution in [2.24, 2.45) is 5.92 Å². The topological polar surface area (TPSA) is 77.8 Å². The van der Waals surface area contributed by atoms with Gasteiger partial charge in [-0.1, -0.05) is 62.2 Å². The smallest absolute Gasteiger partial charge is 0.258 e. The van der Waals surface area contributed by atoms with E-state index in [4.69, 9.17) is 13.9 Å². The van der Waals surface area contributed by atoms with Crippen LogP contribution in [0.15, 0.2) is 82.0 Å². The number of carbonyl (C=O) groups excluding carboxylic acids is 1. The molecular weight excluding hydrogens is 466 g/mol. The maximum atomic E-state index is 13.2. The van der Waals surface area contributed by atoms with Crippen LogP contribution in [0.25, 0.3) is 22.1 Å². The molecule has 1 aliphatic rings. The normalized spacial score (nSPS) is 17.4. The van der Waals surface area contributed by atoms with Crippen molar-refractivity contribution in [1.82, 2.24) is 5.32 Å². The molecule has 1 aromatic heterocycles. The average Bonchev–Trinajstić information content (AvgIpc) is 2.92. The minimum atomic E-state index is -0.263. The van der Waals surface area contributed by atoms with Crippen LogP contribution >= 0.6 is 0 Å². The number of hydrogen-bond acceptors (Lipinski definition) is 5. The van der Waals surface area contributed by atoms with E-state index in [1.807, 2.05) is 54.6 Å². The number of hydrogen-bond donors (Lipinski definition) is 1. The number of benzene rings is 3. The molecule has 1 N–H and O–H groups in total. The summed E-state index contributed by atoms with van der Waals surface area (Å²) < 4.78 is 17.6. The van der Waals surface area contributed by atoms with Crippen molar-refractivity contribution in [3.63, 3.8) is 0 Å². The molecule has 1 heterocycles. The minimum absolute atomic E-state index is 0.0852. The molecule has 1 aliphatic carbocycles. The minimum Gasteiger partial charge on any atom is -0.484 e. The Hall–Kier alpha value is -4.06. The Labute approximate surface area is 216 Å². The molecule has 1 fully saturated rings. The van der Waals surface area contributed by atoms with E-state index in [1.54, 1.807) is 25.1 Å². The Bertz CT molecular complexity index is 1440. The van der Waals surface area contributed by atoms with E-state index in [9.17, 15) is 9.59 Å². The zero-order valence-corrected chi connectivity index (χ0v) is 21.2. The standard InChI is InChI=1S/C31H31NO5/c1-20-8-6-7-11-27(20)32-29(33)19-35-25-16-17-26-28(18-25)36-21(2)31(30(26)34)37-24-14-12-23(13-15-24)22-9-4-3-5-10-22/h3-5,9-10,12-18,20,27H,6-8,11,19H2,1-2H3,(H,32,33). The maximum absolute atomic E-state index is 13.2. The van der Waals surface area contributed by atoms with Gasteiger partial charge in [-0.05, 0) is 61.1 Å². The highest BCUT2D eigenvalue weighted by atomic mass is 16.5. The molecule has 3 aromatic carbocycles. The molecular formula is C31H31NO5. The van der Waals surface area contributed by atoms with Gasteiger partial charge in [-0.3, -0.25) is 9.59 Å². The maximum Gasteiger partial charge on any atom is 0.258 e. The number of ether oxygens (including phenoxy) is 2. The van der Waals surface area contributed by atoms with Gasteiger partial charge >= 0.3 is 0 Å². The summed E-state index contributed by atoms with van der Waals surface area (Å²) in [5.74, 6) is 1.87. The van der Waals surface area contributed by atoms with Crippen LogP contribution in [0.5, 0.6) is 17.2 Å². The molecule has 5 rings (SSSR count). The third-order valence-corrected chi connectivity index (χ3v) is 7.00. The van der Waals surface area contributed by atoms with Gasteiger partial charge in [0.1, 0.15) is 22.8 Å². The van der Waals surface area contributed by atoms with Gasteiger partial charge in [-0.2, -0.15) is 0 Å². The van der Waals surface area contributed by atoms with Crippen LogP contribution in [0.2, 0.25) is 0 Å². The van der Waals surface area contributed by atoms with Gasteiger partial charge in [0.15, 0.2) is 6.61 Å². The lowest BCUT2D eigenvalue weighted by molar-refractivity contribution is -0.124. The lowest BCUT2D eigenvalue weighted by Gasteiger charge is -2.29. The van der Waals surface area contributed by atoms with Gasteiger partial charge in [-0.15, -0.1) is 0 Å². The van der Waals surface area contributed by atoms with Gasteiger partial charge < -0.3 is 19.2 Å². The third kappa shape index (κ3) is 5.69. The number of rotatable bonds is 7. The second kappa shape index (κ2) is 10.9. The highest BCUT2D eigenvalue weighted by Crippen LogP contribution is 2.29. The molecule has 0 aliphatic heterocycles. The molecule has 6 nitrogen and oxygen atoms in total. The monoisotopic (exact) mass is 497 g/mol. The van der Waals surface area contributed by atoms with E-state index in [0.29, 0.717) is 34.1 Å². The number of aryl methyl sites for hydroxylation is 1. The van der Waals surface area contributed by atoms with Crippen molar-refractivity contribution in [1.29, 1.82) is 0 Å². The number of nitrogens with one attached hydrogen (secondary N) is 1. The highest BCUT2D eigenvalue weighted by Gasteiger charge is 2.23. The van der Waals surface area contributed by atoms with Crippen LogP contribution < -0.4 is 20.2 Å². The van der Waals surface area contributed by atoms with Gasteiger partial charge in [0.25, 0.3) is 5.91 Å². The molecule has 4 aromatic rings. The van der Waals surface area contributed by atoms with Crippen LogP contribution in [0.4, 0.5) is 0 Å². The summed E-state index contributed by atoms with van der Waals surface area (Å²) in [4.78, 5) is 25.6. The Morgan fingerprint density at radius 1 is 0.946 bits per heavy atom.